The quantitative estimate of drug-likeness (QED) is 0.476. The van der Waals surface area contributed by atoms with Crippen LogP contribution in [0.4, 0.5) is 0 Å². The van der Waals surface area contributed by atoms with Crippen LogP contribution in [0, 0.1) is 6.92 Å². The number of allylic oxidation sites excluding steroid dienone is 1. The van der Waals surface area contributed by atoms with Gasteiger partial charge in [-0.3, -0.25) is 0 Å². The van der Waals surface area contributed by atoms with Crippen LogP contribution in [0.3, 0.4) is 0 Å². The molecule has 0 amide bonds. The molecule has 3 aromatic rings. The predicted octanol–water partition coefficient (Wildman–Crippen LogP) is 7.00. The molecule has 0 fully saturated rings. The Labute approximate surface area is 150 Å². The molecule has 0 radical (unpaired) electrons. The third kappa shape index (κ3) is 2.36. The van der Waals surface area contributed by atoms with Crippen molar-refractivity contribution in [3.63, 3.8) is 0 Å². The third-order valence-electron chi connectivity index (χ3n) is 5.52. The summed E-state index contributed by atoms with van der Waals surface area (Å²) in [7, 11) is 0. The van der Waals surface area contributed by atoms with Crippen LogP contribution >= 0.6 is 0 Å². The fraction of sp³-hybridized carbons (Fsp3) is 0.200. The second kappa shape index (κ2) is 5.74. The first-order chi connectivity index (χ1) is 12.0. The van der Waals surface area contributed by atoms with Crippen molar-refractivity contribution in [2.24, 2.45) is 0 Å². The Kier molecular flexibility index (Phi) is 3.65. The van der Waals surface area contributed by atoms with Gasteiger partial charge in [-0.1, -0.05) is 80.6 Å². The number of fused-ring (bicyclic) bond motifs is 3. The molecule has 0 aliphatic heterocycles. The summed E-state index contributed by atoms with van der Waals surface area (Å²) in [5.41, 5.74) is 10.9. The van der Waals surface area contributed by atoms with Crippen molar-refractivity contribution in [2.45, 2.75) is 33.1 Å². The fourth-order valence-electron chi connectivity index (χ4n) is 4.26. The molecule has 0 aromatic heterocycles. The number of rotatable bonds is 2. The van der Waals surface area contributed by atoms with Gasteiger partial charge in [0.1, 0.15) is 0 Å². The van der Waals surface area contributed by atoms with Crippen molar-refractivity contribution >= 4 is 6.08 Å². The molecular weight excluding hydrogens is 300 g/mol. The van der Waals surface area contributed by atoms with Gasteiger partial charge in [0.2, 0.25) is 0 Å². The molecule has 0 spiro atoms. The van der Waals surface area contributed by atoms with Gasteiger partial charge in [-0.15, -0.1) is 0 Å². The van der Waals surface area contributed by atoms with E-state index in [-0.39, 0.29) is 5.41 Å². The molecule has 1 aliphatic rings. The number of benzene rings is 3. The summed E-state index contributed by atoms with van der Waals surface area (Å²) in [5, 5.41) is 0. The first-order valence-electron chi connectivity index (χ1n) is 9.01. The van der Waals surface area contributed by atoms with Crippen LogP contribution in [0.1, 0.15) is 43.0 Å². The van der Waals surface area contributed by atoms with Gasteiger partial charge in [-0.05, 0) is 64.4 Å². The average Bonchev–Trinajstić information content (AvgIpc) is 2.86. The Hall–Kier alpha value is -2.60. The fourth-order valence-corrected chi connectivity index (χ4v) is 4.26. The van der Waals surface area contributed by atoms with Gasteiger partial charge in [0, 0.05) is 5.41 Å². The van der Waals surface area contributed by atoms with Gasteiger partial charge in [0.15, 0.2) is 0 Å². The summed E-state index contributed by atoms with van der Waals surface area (Å²) in [6.45, 7) is 8.95. The average molecular weight is 324 g/mol. The largest absolute Gasteiger partial charge is 0.0871 e. The molecule has 0 atom stereocenters. The molecule has 1 aliphatic carbocycles. The first kappa shape index (κ1) is 15.9. The Morgan fingerprint density at radius 1 is 0.800 bits per heavy atom. The van der Waals surface area contributed by atoms with Crippen LogP contribution in [0.25, 0.3) is 28.3 Å². The van der Waals surface area contributed by atoms with Gasteiger partial charge in [-0.25, -0.2) is 0 Å². The topological polar surface area (TPSA) is 0 Å². The molecule has 124 valence electrons. The summed E-state index contributed by atoms with van der Waals surface area (Å²) in [6, 6.07) is 22.4. The molecular formula is C25H24. The Bertz CT molecular complexity index is 987. The minimum absolute atomic E-state index is 0.0220. The van der Waals surface area contributed by atoms with E-state index in [2.05, 4.69) is 101 Å². The molecule has 4 rings (SSSR count). The zero-order valence-electron chi connectivity index (χ0n) is 15.4. The summed E-state index contributed by atoms with van der Waals surface area (Å²) in [4.78, 5) is 0. The van der Waals surface area contributed by atoms with E-state index in [1.807, 2.05) is 0 Å². The maximum Gasteiger partial charge on any atom is 0.0165 e. The maximum atomic E-state index is 2.35. The minimum Gasteiger partial charge on any atom is -0.0871 e. The van der Waals surface area contributed by atoms with E-state index in [0.717, 1.165) is 0 Å². The van der Waals surface area contributed by atoms with Crippen molar-refractivity contribution < 1.29 is 0 Å². The zero-order chi connectivity index (χ0) is 17.6. The number of aryl methyl sites for hydroxylation is 1. The normalized spacial score (nSPS) is 14.6. The van der Waals surface area contributed by atoms with Gasteiger partial charge >= 0.3 is 0 Å². The molecule has 0 unspecified atom stereocenters. The second-order valence-electron chi connectivity index (χ2n) is 7.47. The van der Waals surface area contributed by atoms with Crippen molar-refractivity contribution in [2.75, 3.05) is 0 Å². The van der Waals surface area contributed by atoms with Crippen molar-refractivity contribution in [3.05, 3.63) is 89.0 Å². The summed E-state index contributed by atoms with van der Waals surface area (Å²) in [5.74, 6) is 0. The van der Waals surface area contributed by atoms with Gasteiger partial charge in [0.25, 0.3) is 0 Å². The molecule has 25 heavy (non-hydrogen) atoms. The monoisotopic (exact) mass is 324 g/mol. The zero-order valence-corrected chi connectivity index (χ0v) is 15.4. The smallest absolute Gasteiger partial charge is 0.0165 e. The molecule has 0 heteroatoms. The van der Waals surface area contributed by atoms with E-state index in [4.69, 9.17) is 0 Å². The summed E-state index contributed by atoms with van der Waals surface area (Å²) in [6.07, 6.45) is 4.31. The molecule has 0 bridgehead atoms. The molecule has 0 nitrogen and oxygen atoms in total. The number of hydrogen-bond donors (Lipinski definition) is 0. The van der Waals surface area contributed by atoms with Crippen LogP contribution in [0.15, 0.2) is 66.7 Å². The van der Waals surface area contributed by atoms with Crippen molar-refractivity contribution in [1.82, 2.24) is 0 Å². The lowest BCUT2D eigenvalue weighted by Crippen LogP contribution is -2.16. The minimum atomic E-state index is 0.0220. The SMILES string of the molecule is C/C=C\c1cc(-c2cccc3c2C(C)(C)c2ccccc2-3)ccc1C. The highest BCUT2D eigenvalue weighted by atomic mass is 14.4. The standard InChI is InChI=1S/C25H24/c1-5-9-18-16-19(15-14-17(18)2)20-11-8-12-22-21-10-6-7-13-23(21)25(3,4)24(20)22/h5-16H,1-4H3/b9-5-. The van der Waals surface area contributed by atoms with Gasteiger partial charge in [-0.2, -0.15) is 0 Å². The van der Waals surface area contributed by atoms with E-state index in [0.29, 0.717) is 0 Å². The van der Waals surface area contributed by atoms with Gasteiger partial charge < -0.3 is 0 Å². The van der Waals surface area contributed by atoms with Crippen LogP contribution in [-0.4, -0.2) is 0 Å². The van der Waals surface area contributed by atoms with E-state index < -0.39 is 0 Å². The molecule has 0 saturated carbocycles. The lowest BCUT2D eigenvalue weighted by Gasteiger charge is -2.24. The summed E-state index contributed by atoms with van der Waals surface area (Å²) < 4.78 is 0. The highest BCUT2D eigenvalue weighted by Gasteiger charge is 2.37. The van der Waals surface area contributed by atoms with Crippen LogP contribution in [-0.2, 0) is 5.41 Å². The molecule has 3 aromatic carbocycles. The third-order valence-corrected chi connectivity index (χ3v) is 5.52. The molecule has 0 heterocycles. The predicted molar refractivity (Wildman–Crippen MR) is 109 cm³/mol. The Balaban J connectivity index is 1.98. The van der Waals surface area contributed by atoms with Crippen LogP contribution in [0.2, 0.25) is 0 Å². The highest BCUT2D eigenvalue weighted by molar-refractivity contribution is 5.88. The highest BCUT2D eigenvalue weighted by Crippen LogP contribution is 2.51. The Morgan fingerprint density at radius 3 is 2.32 bits per heavy atom. The summed E-state index contributed by atoms with van der Waals surface area (Å²) >= 11 is 0. The maximum absolute atomic E-state index is 2.35. The Morgan fingerprint density at radius 2 is 1.52 bits per heavy atom. The van der Waals surface area contributed by atoms with E-state index >= 15 is 0 Å². The van der Waals surface area contributed by atoms with Gasteiger partial charge in [0.05, 0.1) is 0 Å². The van der Waals surface area contributed by atoms with E-state index in [1.165, 1.54) is 44.5 Å². The van der Waals surface area contributed by atoms with Crippen molar-refractivity contribution in [3.8, 4) is 22.3 Å². The van der Waals surface area contributed by atoms with E-state index in [9.17, 15) is 0 Å². The van der Waals surface area contributed by atoms with Crippen molar-refractivity contribution in [1.29, 1.82) is 0 Å². The van der Waals surface area contributed by atoms with E-state index in [1.54, 1.807) is 0 Å². The second-order valence-corrected chi connectivity index (χ2v) is 7.47. The molecule has 0 N–H and O–H groups in total. The number of hydrogen-bond acceptors (Lipinski definition) is 0. The van der Waals surface area contributed by atoms with Crippen LogP contribution < -0.4 is 0 Å². The lowest BCUT2D eigenvalue weighted by molar-refractivity contribution is 0.662. The first-order valence-corrected chi connectivity index (χ1v) is 9.01. The lowest BCUT2D eigenvalue weighted by atomic mass is 9.78. The molecule has 0 saturated heterocycles. The van der Waals surface area contributed by atoms with Crippen LogP contribution in [0.5, 0.6) is 0 Å².